The zero-order valence-electron chi connectivity index (χ0n) is 10.2. The Morgan fingerprint density at radius 2 is 1.47 bits per heavy atom. The molecule has 0 saturated carbocycles. The van der Waals surface area contributed by atoms with Crippen molar-refractivity contribution in [1.82, 2.24) is 0 Å². The number of thioether (sulfide) groups is 1. The van der Waals surface area contributed by atoms with Crippen LogP contribution in [-0.2, 0) is 0 Å². The van der Waals surface area contributed by atoms with E-state index in [0.717, 1.165) is 0 Å². The van der Waals surface area contributed by atoms with Crippen LogP contribution in [0, 0.1) is 13.8 Å². The third kappa shape index (κ3) is 3.24. The monoisotopic (exact) mass is 240 g/mol. The molecule has 0 N–H and O–H groups in total. The molecule has 0 atom stereocenters. The van der Waals surface area contributed by atoms with Crippen molar-refractivity contribution in [1.29, 1.82) is 0 Å². The summed E-state index contributed by atoms with van der Waals surface area (Å²) < 4.78 is 0. The molecule has 2 rings (SSSR count). The number of hydrogen-bond donors (Lipinski definition) is 0. The van der Waals surface area contributed by atoms with Gasteiger partial charge in [-0.2, -0.15) is 0 Å². The quantitative estimate of drug-likeness (QED) is 0.675. The van der Waals surface area contributed by atoms with Gasteiger partial charge < -0.3 is 0 Å². The van der Waals surface area contributed by atoms with Crippen LogP contribution in [0.5, 0.6) is 0 Å². The fourth-order valence-corrected chi connectivity index (χ4v) is 2.60. The van der Waals surface area contributed by atoms with Gasteiger partial charge >= 0.3 is 0 Å². The first-order valence-corrected chi connectivity index (χ1v) is 6.60. The Hall–Kier alpha value is -1.47. The first-order chi connectivity index (χ1) is 8.27. The van der Waals surface area contributed by atoms with E-state index < -0.39 is 0 Å². The minimum Gasteiger partial charge on any atom is -0.0975 e. The summed E-state index contributed by atoms with van der Waals surface area (Å²) in [6.45, 7) is 4.32. The van der Waals surface area contributed by atoms with Gasteiger partial charge in [-0.3, -0.25) is 0 Å². The van der Waals surface area contributed by atoms with Gasteiger partial charge in [-0.15, -0.1) is 0 Å². The van der Waals surface area contributed by atoms with Gasteiger partial charge in [0.25, 0.3) is 0 Å². The molecule has 0 aromatic heterocycles. The van der Waals surface area contributed by atoms with E-state index in [0.29, 0.717) is 0 Å². The smallest absolute Gasteiger partial charge is 0.0174 e. The van der Waals surface area contributed by atoms with Gasteiger partial charge in [-0.25, -0.2) is 0 Å². The minimum absolute atomic E-state index is 1.24. The van der Waals surface area contributed by atoms with E-state index >= 15 is 0 Å². The summed E-state index contributed by atoms with van der Waals surface area (Å²) in [7, 11) is 0. The Kier molecular flexibility index (Phi) is 4.05. The molecule has 1 heteroatoms. The summed E-state index contributed by atoms with van der Waals surface area (Å²) in [5.41, 5.74) is 3.92. The van der Waals surface area contributed by atoms with Crippen molar-refractivity contribution in [3.05, 3.63) is 70.6 Å². The molecular weight excluding hydrogens is 224 g/mol. The predicted molar refractivity (Wildman–Crippen MR) is 77.2 cm³/mol. The SMILES string of the molecule is Cc1cccc(C)c1S/C=C\c1ccccc1. The lowest BCUT2D eigenvalue weighted by Crippen LogP contribution is -1.82. The number of hydrogen-bond acceptors (Lipinski definition) is 1. The van der Waals surface area contributed by atoms with Crippen LogP contribution >= 0.6 is 11.8 Å². The van der Waals surface area contributed by atoms with E-state index in [1.165, 1.54) is 21.6 Å². The number of benzene rings is 2. The molecule has 0 radical (unpaired) electrons. The van der Waals surface area contributed by atoms with Crippen LogP contribution in [0.3, 0.4) is 0 Å². The van der Waals surface area contributed by atoms with Crippen molar-refractivity contribution in [2.24, 2.45) is 0 Å². The lowest BCUT2D eigenvalue weighted by Gasteiger charge is -2.05. The fraction of sp³-hybridized carbons (Fsp3) is 0.125. The highest BCUT2D eigenvalue weighted by atomic mass is 32.2. The van der Waals surface area contributed by atoms with Crippen LogP contribution in [0.25, 0.3) is 6.08 Å². The fourth-order valence-electron chi connectivity index (χ4n) is 1.73. The highest BCUT2D eigenvalue weighted by Gasteiger charge is 1.99. The Labute approximate surface area is 107 Å². The summed E-state index contributed by atoms with van der Waals surface area (Å²) in [5.74, 6) is 0. The standard InChI is InChI=1S/C16H16S/c1-13-7-6-8-14(2)16(13)17-12-11-15-9-4-3-5-10-15/h3-12H,1-2H3/b12-11-. The van der Waals surface area contributed by atoms with Gasteiger partial charge in [0.2, 0.25) is 0 Å². The van der Waals surface area contributed by atoms with Crippen LogP contribution in [0.15, 0.2) is 58.8 Å². The summed E-state index contributed by atoms with van der Waals surface area (Å²) in [4.78, 5) is 1.36. The topological polar surface area (TPSA) is 0 Å². The average Bonchev–Trinajstić information content (AvgIpc) is 2.34. The first kappa shape index (κ1) is 12.0. The van der Waals surface area contributed by atoms with Crippen molar-refractivity contribution in [3.8, 4) is 0 Å². The molecule has 0 saturated heterocycles. The lowest BCUT2D eigenvalue weighted by molar-refractivity contribution is 1.22. The van der Waals surface area contributed by atoms with Gasteiger partial charge in [-0.1, -0.05) is 60.3 Å². The Balaban J connectivity index is 2.10. The minimum atomic E-state index is 1.24. The molecule has 0 spiro atoms. The summed E-state index contributed by atoms with van der Waals surface area (Å²) in [5, 5.41) is 2.16. The highest BCUT2D eigenvalue weighted by Crippen LogP contribution is 2.27. The zero-order chi connectivity index (χ0) is 12.1. The molecule has 2 aromatic carbocycles. The predicted octanol–water partition coefficient (Wildman–Crippen LogP) is 5.07. The van der Waals surface area contributed by atoms with Crippen LogP contribution in [-0.4, -0.2) is 0 Å². The molecule has 0 nitrogen and oxygen atoms in total. The molecule has 0 bridgehead atoms. The van der Waals surface area contributed by atoms with Crippen LogP contribution in [0.1, 0.15) is 16.7 Å². The van der Waals surface area contributed by atoms with Crippen molar-refractivity contribution in [2.45, 2.75) is 18.7 Å². The normalized spacial score (nSPS) is 10.9. The van der Waals surface area contributed by atoms with E-state index in [9.17, 15) is 0 Å². The lowest BCUT2D eigenvalue weighted by atomic mass is 10.2. The maximum Gasteiger partial charge on any atom is 0.0174 e. The molecule has 2 aromatic rings. The van der Waals surface area contributed by atoms with E-state index in [4.69, 9.17) is 0 Å². The third-order valence-corrected chi connectivity index (χ3v) is 3.81. The van der Waals surface area contributed by atoms with Crippen molar-refractivity contribution in [3.63, 3.8) is 0 Å². The van der Waals surface area contributed by atoms with E-state index in [2.05, 4.69) is 67.8 Å². The van der Waals surface area contributed by atoms with E-state index in [1.807, 2.05) is 6.07 Å². The van der Waals surface area contributed by atoms with Crippen LogP contribution in [0.4, 0.5) is 0 Å². The highest BCUT2D eigenvalue weighted by molar-refractivity contribution is 8.02. The average molecular weight is 240 g/mol. The molecule has 0 aliphatic carbocycles. The second kappa shape index (κ2) is 5.74. The maximum absolute atomic E-state index is 2.16. The second-order valence-corrected chi connectivity index (χ2v) is 4.97. The molecule has 0 unspecified atom stereocenters. The van der Waals surface area contributed by atoms with E-state index in [1.54, 1.807) is 11.8 Å². The molecule has 0 aliphatic rings. The van der Waals surface area contributed by atoms with Gasteiger partial charge in [0.1, 0.15) is 0 Å². The van der Waals surface area contributed by atoms with Crippen molar-refractivity contribution < 1.29 is 0 Å². The second-order valence-electron chi connectivity index (χ2n) is 4.05. The third-order valence-electron chi connectivity index (χ3n) is 2.65. The van der Waals surface area contributed by atoms with Gasteiger partial charge in [0, 0.05) is 4.90 Å². The first-order valence-electron chi connectivity index (χ1n) is 5.72. The largest absolute Gasteiger partial charge is 0.0975 e. The Bertz CT molecular complexity index is 492. The molecule has 0 heterocycles. The summed E-state index contributed by atoms with van der Waals surface area (Å²) >= 11 is 1.79. The summed E-state index contributed by atoms with van der Waals surface area (Å²) in [6, 6.07) is 16.8. The van der Waals surface area contributed by atoms with Gasteiger partial charge in [0.15, 0.2) is 0 Å². The zero-order valence-corrected chi connectivity index (χ0v) is 11.0. The van der Waals surface area contributed by atoms with Crippen LogP contribution < -0.4 is 0 Å². The van der Waals surface area contributed by atoms with Gasteiger partial charge in [0.05, 0.1) is 0 Å². The number of aryl methyl sites for hydroxylation is 2. The molecule has 0 fully saturated rings. The molecule has 0 aliphatic heterocycles. The Morgan fingerprint density at radius 1 is 0.824 bits per heavy atom. The molecule has 86 valence electrons. The Morgan fingerprint density at radius 3 is 2.12 bits per heavy atom. The van der Waals surface area contributed by atoms with Crippen LogP contribution in [0.2, 0.25) is 0 Å². The van der Waals surface area contributed by atoms with Gasteiger partial charge in [-0.05, 0) is 42.0 Å². The van der Waals surface area contributed by atoms with Crippen molar-refractivity contribution >= 4 is 17.8 Å². The summed E-state index contributed by atoms with van der Waals surface area (Å²) in [6.07, 6.45) is 2.15. The van der Waals surface area contributed by atoms with E-state index in [-0.39, 0.29) is 0 Å². The molecule has 0 amide bonds. The maximum atomic E-state index is 2.16. The molecular formula is C16H16S. The molecule has 17 heavy (non-hydrogen) atoms. The van der Waals surface area contributed by atoms with Crippen molar-refractivity contribution in [2.75, 3.05) is 0 Å². The number of rotatable bonds is 3.